The number of rotatable bonds is 3. The van der Waals surface area contributed by atoms with Crippen LogP contribution in [-0.4, -0.2) is 24.9 Å². The van der Waals surface area contributed by atoms with E-state index in [0.717, 1.165) is 42.8 Å². The summed E-state index contributed by atoms with van der Waals surface area (Å²) in [6, 6.07) is 0. The number of allylic oxidation sites excluding steroid dienone is 1. The molecule has 3 nitrogen and oxygen atoms in total. The quantitative estimate of drug-likeness (QED) is 0.593. The number of hydrogen-bond donors (Lipinski definition) is 1. The van der Waals surface area contributed by atoms with Crippen LogP contribution in [0.3, 0.4) is 0 Å². The van der Waals surface area contributed by atoms with Gasteiger partial charge in [0, 0.05) is 0 Å². The largest absolute Gasteiger partial charge is 0.537 e. The van der Waals surface area contributed by atoms with Gasteiger partial charge in [0.2, 0.25) is 0 Å². The van der Waals surface area contributed by atoms with Crippen molar-refractivity contribution in [3.8, 4) is 0 Å². The van der Waals surface area contributed by atoms with Crippen LogP contribution in [0.1, 0.15) is 91.4 Å². The van der Waals surface area contributed by atoms with E-state index in [0.29, 0.717) is 17.4 Å². The van der Waals surface area contributed by atoms with E-state index < -0.39 is 0 Å². The lowest BCUT2D eigenvalue weighted by Crippen LogP contribution is -2.53. The Morgan fingerprint density at radius 2 is 1.93 bits per heavy atom. The predicted octanol–water partition coefficient (Wildman–Crippen LogP) is 5.98. The number of unbranched alkanes of at least 4 members (excludes halogenated alkanes) is 1. The van der Waals surface area contributed by atoms with Crippen LogP contribution in [0.25, 0.3) is 0 Å². The van der Waals surface area contributed by atoms with Gasteiger partial charge in [0.05, 0.1) is 12.7 Å². The van der Waals surface area contributed by atoms with Crippen LogP contribution < -0.4 is 0 Å². The summed E-state index contributed by atoms with van der Waals surface area (Å²) in [6.45, 7) is 8.09. The summed E-state index contributed by atoms with van der Waals surface area (Å²) in [4.78, 5) is 0. The summed E-state index contributed by atoms with van der Waals surface area (Å²) in [5, 5.41) is 10.2. The second kappa shape index (κ2) is 7.59. The highest BCUT2D eigenvalue weighted by molar-refractivity contribution is 6.45. The Bertz CT molecular complexity index is 662. The lowest BCUT2D eigenvalue weighted by atomic mass is 9.45. The van der Waals surface area contributed by atoms with Crippen LogP contribution in [0, 0.1) is 34.5 Å². The van der Waals surface area contributed by atoms with Crippen molar-refractivity contribution in [2.45, 2.75) is 104 Å². The molecule has 0 aromatic heterocycles. The molecule has 4 saturated carbocycles. The van der Waals surface area contributed by atoms with Crippen molar-refractivity contribution in [2.75, 3.05) is 6.61 Å². The van der Waals surface area contributed by atoms with E-state index in [1.165, 1.54) is 63.5 Å². The molecule has 5 rings (SSSR count). The highest BCUT2D eigenvalue weighted by Crippen LogP contribution is 2.67. The van der Waals surface area contributed by atoms with E-state index in [4.69, 9.17) is 9.31 Å². The number of aliphatic hydroxyl groups is 1. The molecular weight excluding hydrogens is 359 g/mol. The summed E-state index contributed by atoms with van der Waals surface area (Å²) in [5.74, 6) is 4.53. The minimum absolute atomic E-state index is 0.000504. The molecule has 0 radical (unpaired) electrons. The molecule has 29 heavy (non-hydrogen) atoms. The molecule has 0 aromatic rings. The number of fused-ring (bicyclic) bond motifs is 5. The zero-order valence-corrected chi connectivity index (χ0v) is 18.9. The predicted molar refractivity (Wildman–Crippen MR) is 117 cm³/mol. The maximum Gasteiger partial charge on any atom is 0.525 e. The third-order valence-electron chi connectivity index (χ3n) is 10.2. The van der Waals surface area contributed by atoms with Gasteiger partial charge in [0.1, 0.15) is 5.76 Å². The van der Waals surface area contributed by atoms with Gasteiger partial charge in [0.15, 0.2) is 0 Å². The van der Waals surface area contributed by atoms with Crippen LogP contribution in [0.2, 0.25) is 6.32 Å². The first-order chi connectivity index (χ1) is 14.0. The molecule has 0 amide bonds. The van der Waals surface area contributed by atoms with Crippen molar-refractivity contribution in [2.24, 2.45) is 34.5 Å². The molecule has 4 heteroatoms. The van der Waals surface area contributed by atoms with Gasteiger partial charge in [-0.15, -0.1) is 0 Å². The second-order valence-electron chi connectivity index (χ2n) is 11.5. The molecule has 1 heterocycles. The lowest BCUT2D eigenvalue weighted by molar-refractivity contribution is -0.116. The number of hydrogen-bond acceptors (Lipinski definition) is 3. The average Bonchev–Trinajstić information content (AvgIpc) is 3.30. The van der Waals surface area contributed by atoms with E-state index in [2.05, 4.69) is 20.8 Å². The van der Waals surface area contributed by atoms with Crippen LogP contribution in [0.15, 0.2) is 11.3 Å². The third-order valence-corrected chi connectivity index (χ3v) is 10.2. The zero-order valence-electron chi connectivity index (χ0n) is 18.9. The van der Waals surface area contributed by atoms with Gasteiger partial charge < -0.3 is 14.4 Å². The molecule has 1 saturated heterocycles. The standard InChI is InChI=1S/C25H41BO3/c1-4-5-14-26-28-16-23(29-26)22-9-8-20-19-7-6-17-15-18(27)10-12-24(17,2)21(19)11-13-25(20,22)3/h17-21,27H,4-16H2,1-3H3/b23-22+/t17-,18+,19-,20-,21-,24-,25-/m0/s1. The Balaban J connectivity index is 1.36. The first kappa shape index (κ1) is 20.4. The highest BCUT2D eigenvalue weighted by atomic mass is 16.6. The van der Waals surface area contributed by atoms with Gasteiger partial charge in [-0.1, -0.05) is 33.6 Å². The lowest BCUT2D eigenvalue weighted by Gasteiger charge is -2.60. The molecule has 4 aliphatic carbocycles. The molecule has 0 aromatic carbocycles. The fourth-order valence-electron chi connectivity index (χ4n) is 8.57. The van der Waals surface area contributed by atoms with Crippen LogP contribution in [0.5, 0.6) is 0 Å². The van der Waals surface area contributed by atoms with Gasteiger partial charge in [-0.2, -0.15) is 0 Å². The van der Waals surface area contributed by atoms with E-state index in [9.17, 15) is 5.11 Å². The van der Waals surface area contributed by atoms with Crippen molar-refractivity contribution < 1.29 is 14.4 Å². The summed E-state index contributed by atoms with van der Waals surface area (Å²) in [7, 11) is -0.000504. The van der Waals surface area contributed by atoms with Crippen LogP contribution in [0.4, 0.5) is 0 Å². The van der Waals surface area contributed by atoms with E-state index in [1.54, 1.807) is 5.57 Å². The fourth-order valence-corrected chi connectivity index (χ4v) is 8.57. The summed E-state index contributed by atoms with van der Waals surface area (Å²) < 4.78 is 12.3. The van der Waals surface area contributed by atoms with Gasteiger partial charge in [0.25, 0.3) is 0 Å². The SMILES string of the molecule is CCCCB1OC/C(=C2/CC[C@H]3[C@@H]4CC[C@H]5C[C@H](O)CC[C@]5(C)[C@H]4CC[C@]23C)O1. The Morgan fingerprint density at radius 1 is 1.07 bits per heavy atom. The molecule has 0 unspecified atom stereocenters. The average molecular weight is 400 g/mol. The molecule has 0 bridgehead atoms. The maximum atomic E-state index is 10.2. The molecule has 5 aliphatic rings. The van der Waals surface area contributed by atoms with Crippen molar-refractivity contribution >= 4 is 7.12 Å². The number of aliphatic hydroxyl groups excluding tert-OH is 1. The van der Waals surface area contributed by atoms with Gasteiger partial charge in [-0.3, -0.25) is 0 Å². The molecule has 162 valence electrons. The monoisotopic (exact) mass is 400 g/mol. The Hall–Kier alpha value is -0.475. The van der Waals surface area contributed by atoms with Gasteiger partial charge >= 0.3 is 7.12 Å². The third kappa shape index (κ3) is 3.23. The zero-order chi connectivity index (χ0) is 20.2. The maximum absolute atomic E-state index is 10.2. The smallest absolute Gasteiger partial charge is 0.525 e. The first-order valence-corrected chi connectivity index (χ1v) is 12.6. The summed E-state index contributed by atoms with van der Waals surface area (Å²) >= 11 is 0. The van der Waals surface area contributed by atoms with Gasteiger partial charge in [-0.25, -0.2) is 0 Å². The Morgan fingerprint density at radius 3 is 2.76 bits per heavy atom. The Kier molecular flexibility index (Phi) is 5.34. The van der Waals surface area contributed by atoms with E-state index in [1.807, 2.05) is 0 Å². The molecule has 1 aliphatic heterocycles. The van der Waals surface area contributed by atoms with Crippen LogP contribution >= 0.6 is 0 Å². The van der Waals surface area contributed by atoms with Crippen molar-refractivity contribution in [3.05, 3.63) is 11.3 Å². The minimum atomic E-state index is -0.0403. The van der Waals surface area contributed by atoms with Crippen molar-refractivity contribution in [1.29, 1.82) is 0 Å². The normalized spacial score (nSPS) is 49.4. The second-order valence-corrected chi connectivity index (χ2v) is 11.5. The molecule has 1 N–H and O–H groups in total. The summed E-state index contributed by atoms with van der Waals surface area (Å²) in [5.41, 5.74) is 2.42. The molecule has 7 atom stereocenters. The molecule has 5 fully saturated rings. The molecule has 0 spiro atoms. The van der Waals surface area contributed by atoms with Crippen LogP contribution in [-0.2, 0) is 9.31 Å². The Labute approximate surface area is 178 Å². The van der Waals surface area contributed by atoms with Crippen molar-refractivity contribution in [3.63, 3.8) is 0 Å². The fraction of sp³-hybridized carbons (Fsp3) is 0.920. The minimum Gasteiger partial charge on any atom is -0.537 e. The first-order valence-electron chi connectivity index (χ1n) is 12.6. The van der Waals surface area contributed by atoms with Gasteiger partial charge in [-0.05, 0) is 104 Å². The van der Waals surface area contributed by atoms with E-state index in [-0.39, 0.29) is 13.2 Å². The summed E-state index contributed by atoms with van der Waals surface area (Å²) in [6.07, 6.45) is 14.7. The topological polar surface area (TPSA) is 38.7 Å². The van der Waals surface area contributed by atoms with Crippen molar-refractivity contribution in [1.82, 2.24) is 0 Å². The molecular formula is C25H41BO3. The highest BCUT2D eigenvalue weighted by Gasteiger charge is 2.59. The van der Waals surface area contributed by atoms with E-state index >= 15 is 0 Å².